The Balaban J connectivity index is 2.89. The molecule has 0 saturated carbocycles. The van der Waals surface area contributed by atoms with E-state index in [4.69, 9.17) is 17.3 Å². The smallest absolute Gasteiger partial charge is 0.168 e. The van der Waals surface area contributed by atoms with Gasteiger partial charge in [-0.15, -0.1) is 0 Å². The van der Waals surface area contributed by atoms with Gasteiger partial charge in [0, 0.05) is 5.39 Å². The summed E-state index contributed by atoms with van der Waals surface area (Å²) in [5.74, 6) is -0.186. The lowest BCUT2D eigenvalue weighted by atomic mass is 10.1. The van der Waals surface area contributed by atoms with Crippen LogP contribution in [-0.2, 0) is 0 Å². The number of fused-ring (bicyclic) bond motifs is 1. The number of halogens is 2. The molecule has 0 fully saturated rings. The Morgan fingerprint density at radius 2 is 2.14 bits per heavy atom. The van der Waals surface area contributed by atoms with Gasteiger partial charge >= 0.3 is 0 Å². The molecule has 0 atom stereocenters. The highest BCUT2D eigenvalue weighted by Gasteiger charge is 2.08. The molecule has 72 valence electrons. The maximum absolute atomic E-state index is 13.5. The summed E-state index contributed by atoms with van der Waals surface area (Å²) in [6.07, 6.45) is 0. The number of pyridine rings is 1. The third-order valence-corrected chi connectivity index (χ3v) is 2.40. The highest BCUT2D eigenvalue weighted by Crippen LogP contribution is 2.25. The summed E-state index contributed by atoms with van der Waals surface area (Å²) in [5, 5.41) is 0.770. The number of aryl methyl sites for hydroxylation is 1. The molecule has 2 N–H and O–H groups in total. The van der Waals surface area contributed by atoms with Crippen molar-refractivity contribution in [1.82, 2.24) is 4.98 Å². The van der Waals surface area contributed by atoms with E-state index in [2.05, 4.69) is 4.98 Å². The van der Waals surface area contributed by atoms with Crippen LogP contribution in [0.2, 0.25) is 5.02 Å². The Morgan fingerprint density at radius 1 is 1.43 bits per heavy atom. The van der Waals surface area contributed by atoms with E-state index in [-0.39, 0.29) is 10.5 Å². The first-order valence-electron chi connectivity index (χ1n) is 4.10. The number of nitrogens with zero attached hydrogens (tertiary/aromatic N) is 1. The van der Waals surface area contributed by atoms with E-state index in [1.807, 2.05) is 6.92 Å². The first kappa shape index (κ1) is 9.21. The summed E-state index contributed by atoms with van der Waals surface area (Å²) in [6, 6.07) is 5.02. The van der Waals surface area contributed by atoms with Gasteiger partial charge in [0.25, 0.3) is 0 Å². The van der Waals surface area contributed by atoms with Crippen molar-refractivity contribution in [2.75, 3.05) is 5.73 Å². The van der Waals surface area contributed by atoms with Crippen LogP contribution in [0.5, 0.6) is 0 Å². The third kappa shape index (κ3) is 1.30. The van der Waals surface area contributed by atoms with Gasteiger partial charge in [0.2, 0.25) is 0 Å². The average molecular weight is 211 g/mol. The monoisotopic (exact) mass is 210 g/mol. The number of aromatic nitrogens is 1. The summed E-state index contributed by atoms with van der Waals surface area (Å²) in [4.78, 5) is 3.95. The van der Waals surface area contributed by atoms with E-state index >= 15 is 0 Å². The fourth-order valence-electron chi connectivity index (χ4n) is 1.30. The highest BCUT2D eigenvalue weighted by molar-refractivity contribution is 6.31. The van der Waals surface area contributed by atoms with Crippen LogP contribution in [0.1, 0.15) is 5.56 Å². The Morgan fingerprint density at radius 3 is 2.86 bits per heavy atom. The van der Waals surface area contributed by atoms with Crippen molar-refractivity contribution >= 4 is 28.3 Å². The molecule has 2 aromatic rings. The number of benzene rings is 1. The van der Waals surface area contributed by atoms with Crippen LogP contribution in [0.25, 0.3) is 10.9 Å². The normalized spacial score (nSPS) is 10.8. The minimum absolute atomic E-state index is 0.0632. The molecule has 1 aromatic heterocycles. The van der Waals surface area contributed by atoms with E-state index in [1.54, 1.807) is 12.1 Å². The molecule has 0 aliphatic carbocycles. The third-order valence-electron chi connectivity index (χ3n) is 2.11. The SMILES string of the molecule is Cc1cc2ccc(Cl)c(F)c2nc1N. The lowest BCUT2D eigenvalue weighted by molar-refractivity contribution is 0.637. The first-order chi connectivity index (χ1) is 6.59. The molecular formula is C10H8ClFN2. The number of hydrogen-bond donors (Lipinski definition) is 1. The summed E-state index contributed by atoms with van der Waals surface area (Å²) >= 11 is 5.62. The van der Waals surface area contributed by atoms with E-state index < -0.39 is 5.82 Å². The molecule has 1 aromatic carbocycles. The van der Waals surface area contributed by atoms with Crippen LogP contribution >= 0.6 is 11.6 Å². The number of nitrogens with two attached hydrogens (primary N) is 1. The minimum atomic E-state index is -0.518. The van der Waals surface area contributed by atoms with Crippen LogP contribution in [-0.4, -0.2) is 4.98 Å². The van der Waals surface area contributed by atoms with Gasteiger partial charge < -0.3 is 5.73 Å². The molecule has 14 heavy (non-hydrogen) atoms. The minimum Gasteiger partial charge on any atom is -0.383 e. The fraction of sp³-hybridized carbons (Fsp3) is 0.100. The van der Waals surface area contributed by atoms with E-state index in [1.165, 1.54) is 6.07 Å². The van der Waals surface area contributed by atoms with Crippen LogP contribution in [0, 0.1) is 12.7 Å². The Bertz CT molecular complexity index is 511. The molecule has 2 nitrogen and oxygen atoms in total. The molecule has 2 rings (SSSR count). The van der Waals surface area contributed by atoms with Gasteiger partial charge in [-0.05, 0) is 24.6 Å². The van der Waals surface area contributed by atoms with E-state index in [0.29, 0.717) is 11.2 Å². The van der Waals surface area contributed by atoms with Crippen LogP contribution < -0.4 is 5.73 Å². The second-order valence-corrected chi connectivity index (χ2v) is 3.53. The van der Waals surface area contributed by atoms with E-state index in [9.17, 15) is 4.39 Å². The topological polar surface area (TPSA) is 38.9 Å². The lowest BCUT2D eigenvalue weighted by Gasteiger charge is -2.04. The predicted octanol–water partition coefficient (Wildman–Crippen LogP) is 2.92. The molecule has 0 bridgehead atoms. The van der Waals surface area contributed by atoms with Crippen molar-refractivity contribution < 1.29 is 4.39 Å². The molecule has 0 saturated heterocycles. The van der Waals surface area contributed by atoms with Gasteiger partial charge in [0.15, 0.2) is 5.82 Å². The van der Waals surface area contributed by atoms with Crippen molar-refractivity contribution in [1.29, 1.82) is 0 Å². The van der Waals surface area contributed by atoms with Crippen molar-refractivity contribution in [2.45, 2.75) is 6.92 Å². The maximum atomic E-state index is 13.5. The molecule has 0 radical (unpaired) electrons. The van der Waals surface area contributed by atoms with Gasteiger partial charge in [0.1, 0.15) is 11.3 Å². The maximum Gasteiger partial charge on any atom is 0.168 e. The zero-order chi connectivity index (χ0) is 10.3. The fourth-order valence-corrected chi connectivity index (χ4v) is 1.45. The van der Waals surface area contributed by atoms with Crippen molar-refractivity contribution in [3.8, 4) is 0 Å². The number of anilines is 1. The molecule has 4 heteroatoms. The van der Waals surface area contributed by atoms with Crippen LogP contribution in [0.4, 0.5) is 10.2 Å². The molecular weight excluding hydrogens is 203 g/mol. The molecule has 1 heterocycles. The van der Waals surface area contributed by atoms with Gasteiger partial charge in [-0.2, -0.15) is 0 Å². The molecule has 0 amide bonds. The zero-order valence-electron chi connectivity index (χ0n) is 7.51. The number of hydrogen-bond acceptors (Lipinski definition) is 2. The zero-order valence-corrected chi connectivity index (χ0v) is 8.27. The first-order valence-corrected chi connectivity index (χ1v) is 4.48. The van der Waals surface area contributed by atoms with Crippen molar-refractivity contribution in [3.05, 3.63) is 34.6 Å². The van der Waals surface area contributed by atoms with Gasteiger partial charge in [0.05, 0.1) is 5.02 Å². The summed E-state index contributed by atoms with van der Waals surface area (Å²) < 4.78 is 13.5. The van der Waals surface area contributed by atoms with Gasteiger partial charge in [-0.25, -0.2) is 9.37 Å². The van der Waals surface area contributed by atoms with Crippen molar-refractivity contribution in [3.63, 3.8) is 0 Å². The molecule has 0 unspecified atom stereocenters. The second-order valence-electron chi connectivity index (χ2n) is 3.12. The number of rotatable bonds is 0. The Kier molecular flexibility index (Phi) is 2.04. The van der Waals surface area contributed by atoms with E-state index in [0.717, 1.165) is 5.56 Å². The Labute approximate surface area is 85.5 Å². The number of nitrogen functional groups attached to an aromatic ring is 1. The molecule has 0 spiro atoms. The quantitative estimate of drug-likeness (QED) is 0.726. The lowest BCUT2D eigenvalue weighted by Crippen LogP contribution is -1.96. The highest BCUT2D eigenvalue weighted by atomic mass is 35.5. The molecule has 0 aliphatic heterocycles. The predicted molar refractivity (Wildman–Crippen MR) is 55.9 cm³/mol. The van der Waals surface area contributed by atoms with Gasteiger partial charge in [-0.3, -0.25) is 0 Å². The average Bonchev–Trinajstić information content (AvgIpc) is 2.15. The van der Waals surface area contributed by atoms with Gasteiger partial charge in [-0.1, -0.05) is 17.7 Å². The largest absolute Gasteiger partial charge is 0.383 e. The Hall–Kier alpha value is -1.35. The summed E-state index contributed by atoms with van der Waals surface area (Å²) in [5.41, 5.74) is 6.64. The molecule has 0 aliphatic rings. The second kappa shape index (κ2) is 3.10. The van der Waals surface area contributed by atoms with Crippen molar-refractivity contribution in [2.24, 2.45) is 0 Å². The summed E-state index contributed by atoms with van der Waals surface area (Å²) in [7, 11) is 0. The summed E-state index contributed by atoms with van der Waals surface area (Å²) in [6.45, 7) is 1.83. The van der Waals surface area contributed by atoms with Crippen LogP contribution in [0.3, 0.4) is 0 Å². The van der Waals surface area contributed by atoms with Crippen LogP contribution in [0.15, 0.2) is 18.2 Å². The standard InChI is InChI=1S/C10H8ClFN2/c1-5-4-6-2-3-7(11)8(12)9(6)14-10(5)13/h2-4H,1H3,(H2,13,14).